The lowest BCUT2D eigenvalue weighted by Gasteiger charge is -2.22. The SMILES string of the molecule is C=CCN(CCC)c1ccc(CNC(C)(C)C)nn1. The van der Waals surface area contributed by atoms with E-state index in [0.717, 1.165) is 37.6 Å². The van der Waals surface area contributed by atoms with Gasteiger partial charge >= 0.3 is 0 Å². The second-order valence-corrected chi connectivity index (χ2v) is 5.72. The van der Waals surface area contributed by atoms with E-state index in [1.54, 1.807) is 0 Å². The van der Waals surface area contributed by atoms with Crippen LogP contribution in [0.2, 0.25) is 0 Å². The number of hydrogen-bond acceptors (Lipinski definition) is 4. The van der Waals surface area contributed by atoms with Gasteiger partial charge in [0.1, 0.15) is 0 Å². The third-order valence-corrected chi connectivity index (χ3v) is 2.67. The van der Waals surface area contributed by atoms with Gasteiger partial charge in [0, 0.05) is 25.2 Å². The molecule has 0 aromatic carbocycles. The molecule has 0 aliphatic heterocycles. The van der Waals surface area contributed by atoms with Gasteiger partial charge in [-0.1, -0.05) is 13.0 Å². The number of anilines is 1. The number of nitrogens with zero attached hydrogens (tertiary/aromatic N) is 3. The maximum Gasteiger partial charge on any atom is 0.151 e. The zero-order valence-electron chi connectivity index (χ0n) is 12.6. The number of nitrogens with one attached hydrogen (secondary N) is 1. The highest BCUT2D eigenvalue weighted by atomic mass is 15.3. The summed E-state index contributed by atoms with van der Waals surface area (Å²) in [6.45, 7) is 14.9. The lowest BCUT2D eigenvalue weighted by atomic mass is 10.1. The molecule has 4 nitrogen and oxygen atoms in total. The van der Waals surface area contributed by atoms with Crippen LogP contribution in [0.3, 0.4) is 0 Å². The van der Waals surface area contributed by atoms with Crippen LogP contribution in [-0.2, 0) is 6.54 Å². The number of aromatic nitrogens is 2. The van der Waals surface area contributed by atoms with E-state index in [9.17, 15) is 0 Å². The van der Waals surface area contributed by atoms with E-state index in [0.29, 0.717) is 0 Å². The van der Waals surface area contributed by atoms with Crippen molar-refractivity contribution < 1.29 is 0 Å². The first-order chi connectivity index (χ1) is 8.96. The molecule has 0 saturated heterocycles. The van der Waals surface area contributed by atoms with Gasteiger partial charge < -0.3 is 10.2 Å². The van der Waals surface area contributed by atoms with Crippen LogP contribution in [0.1, 0.15) is 39.8 Å². The highest BCUT2D eigenvalue weighted by Crippen LogP contribution is 2.10. The Morgan fingerprint density at radius 1 is 1.32 bits per heavy atom. The summed E-state index contributed by atoms with van der Waals surface area (Å²) < 4.78 is 0. The van der Waals surface area contributed by atoms with Gasteiger partial charge in [-0.3, -0.25) is 0 Å². The summed E-state index contributed by atoms with van der Waals surface area (Å²) >= 11 is 0. The Kier molecular flexibility index (Phi) is 5.96. The first-order valence-corrected chi connectivity index (χ1v) is 6.89. The van der Waals surface area contributed by atoms with Crippen molar-refractivity contribution in [3.05, 3.63) is 30.5 Å². The van der Waals surface area contributed by atoms with Gasteiger partial charge in [-0.15, -0.1) is 11.7 Å². The topological polar surface area (TPSA) is 41.0 Å². The molecule has 1 heterocycles. The average Bonchev–Trinajstić information content (AvgIpc) is 2.36. The molecule has 19 heavy (non-hydrogen) atoms. The minimum atomic E-state index is 0.0947. The van der Waals surface area contributed by atoms with Gasteiger partial charge in [0.25, 0.3) is 0 Å². The lowest BCUT2D eigenvalue weighted by Crippen LogP contribution is -2.35. The van der Waals surface area contributed by atoms with E-state index >= 15 is 0 Å². The van der Waals surface area contributed by atoms with Crippen LogP contribution in [0.4, 0.5) is 5.82 Å². The highest BCUT2D eigenvalue weighted by molar-refractivity contribution is 5.38. The summed E-state index contributed by atoms with van der Waals surface area (Å²) in [6.07, 6.45) is 2.98. The van der Waals surface area contributed by atoms with Crippen LogP contribution in [0.5, 0.6) is 0 Å². The molecule has 0 spiro atoms. The van der Waals surface area contributed by atoms with Crippen LogP contribution in [-0.4, -0.2) is 28.8 Å². The van der Waals surface area contributed by atoms with Gasteiger partial charge in [0.15, 0.2) is 5.82 Å². The van der Waals surface area contributed by atoms with Crippen molar-refractivity contribution in [1.82, 2.24) is 15.5 Å². The maximum absolute atomic E-state index is 4.31. The molecule has 0 amide bonds. The molecule has 106 valence electrons. The molecule has 0 radical (unpaired) electrons. The third kappa shape index (κ3) is 5.83. The molecule has 1 N–H and O–H groups in total. The van der Waals surface area contributed by atoms with Crippen LogP contribution in [0.15, 0.2) is 24.8 Å². The Bertz CT molecular complexity index is 378. The van der Waals surface area contributed by atoms with Gasteiger partial charge in [0.05, 0.1) is 5.69 Å². The summed E-state index contributed by atoms with van der Waals surface area (Å²) in [4.78, 5) is 2.18. The maximum atomic E-state index is 4.31. The molecule has 0 atom stereocenters. The van der Waals surface area contributed by atoms with E-state index in [4.69, 9.17) is 0 Å². The Morgan fingerprint density at radius 3 is 2.53 bits per heavy atom. The second kappa shape index (κ2) is 7.24. The van der Waals surface area contributed by atoms with Crippen LogP contribution in [0, 0.1) is 0 Å². The van der Waals surface area contributed by atoms with Crippen molar-refractivity contribution in [3.63, 3.8) is 0 Å². The van der Waals surface area contributed by atoms with Crippen LogP contribution >= 0.6 is 0 Å². The van der Waals surface area contributed by atoms with E-state index < -0.39 is 0 Å². The minimum absolute atomic E-state index is 0.0947. The Hall–Kier alpha value is -1.42. The number of rotatable bonds is 7. The predicted octanol–water partition coefficient (Wildman–Crippen LogP) is 2.77. The number of hydrogen-bond donors (Lipinski definition) is 1. The van der Waals surface area contributed by atoms with E-state index in [1.165, 1.54) is 0 Å². The van der Waals surface area contributed by atoms with E-state index in [1.807, 2.05) is 18.2 Å². The molecular weight excluding hydrogens is 236 g/mol. The highest BCUT2D eigenvalue weighted by Gasteiger charge is 2.10. The fourth-order valence-electron chi connectivity index (χ4n) is 1.70. The summed E-state index contributed by atoms with van der Waals surface area (Å²) in [5, 5.41) is 12.0. The average molecular weight is 262 g/mol. The van der Waals surface area contributed by atoms with Crippen molar-refractivity contribution in [1.29, 1.82) is 0 Å². The molecule has 0 fully saturated rings. The molecule has 1 aromatic rings. The Balaban J connectivity index is 2.66. The second-order valence-electron chi connectivity index (χ2n) is 5.72. The molecule has 1 aromatic heterocycles. The monoisotopic (exact) mass is 262 g/mol. The van der Waals surface area contributed by atoms with Gasteiger partial charge in [-0.05, 0) is 39.3 Å². The van der Waals surface area contributed by atoms with Gasteiger partial charge in [-0.25, -0.2) is 0 Å². The molecule has 0 aliphatic carbocycles. The van der Waals surface area contributed by atoms with Crippen molar-refractivity contribution in [2.75, 3.05) is 18.0 Å². The standard InChI is InChI=1S/C15H26N4/c1-6-10-19(11-7-2)14-9-8-13(17-18-14)12-16-15(3,4)5/h6,8-9,16H,1,7,10-12H2,2-5H3. The third-order valence-electron chi connectivity index (χ3n) is 2.67. The quantitative estimate of drug-likeness (QED) is 0.767. The molecule has 0 saturated carbocycles. The fourth-order valence-corrected chi connectivity index (χ4v) is 1.70. The first kappa shape index (κ1) is 15.6. The summed E-state index contributed by atoms with van der Waals surface area (Å²) in [7, 11) is 0. The van der Waals surface area contributed by atoms with Crippen molar-refractivity contribution in [2.45, 2.75) is 46.2 Å². The summed E-state index contributed by atoms with van der Waals surface area (Å²) in [5.74, 6) is 0.918. The Morgan fingerprint density at radius 2 is 2.05 bits per heavy atom. The normalized spacial score (nSPS) is 11.4. The zero-order chi connectivity index (χ0) is 14.3. The van der Waals surface area contributed by atoms with E-state index in [-0.39, 0.29) is 5.54 Å². The molecule has 0 bridgehead atoms. The lowest BCUT2D eigenvalue weighted by molar-refractivity contribution is 0.420. The van der Waals surface area contributed by atoms with Crippen LogP contribution in [0.25, 0.3) is 0 Å². The summed E-state index contributed by atoms with van der Waals surface area (Å²) in [6, 6.07) is 4.07. The first-order valence-electron chi connectivity index (χ1n) is 6.89. The predicted molar refractivity (Wildman–Crippen MR) is 81.3 cm³/mol. The molecule has 1 rings (SSSR count). The molecule has 4 heteroatoms. The van der Waals surface area contributed by atoms with Crippen molar-refractivity contribution in [2.24, 2.45) is 0 Å². The minimum Gasteiger partial charge on any atom is -0.351 e. The molecule has 0 unspecified atom stereocenters. The smallest absolute Gasteiger partial charge is 0.151 e. The molecule has 0 aliphatic rings. The summed E-state index contributed by atoms with van der Waals surface area (Å²) in [5.41, 5.74) is 1.06. The largest absolute Gasteiger partial charge is 0.351 e. The van der Waals surface area contributed by atoms with Crippen LogP contribution < -0.4 is 10.2 Å². The molecular formula is C15H26N4. The van der Waals surface area contributed by atoms with Gasteiger partial charge in [0.2, 0.25) is 0 Å². The van der Waals surface area contributed by atoms with Gasteiger partial charge in [-0.2, -0.15) is 5.10 Å². The van der Waals surface area contributed by atoms with Crippen molar-refractivity contribution in [3.8, 4) is 0 Å². The van der Waals surface area contributed by atoms with E-state index in [2.05, 4.69) is 54.7 Å². The van der Waals surface area contributed by atoms with Crippen molar-refractivity contribution >= 4 is 5.82 Å². The fraction of sp³-hybridized carbons (Fsp3) is 0.600. The zero-order valence-corrected chi connectivity index (χ0v) is 12.6. The Labute approximate surface area is 116 Å².